The van der Waals surface area contributed by atoms with Crippen LogP contribution in [0.2, 0.25) is 0 Å². The van der Waals surface area contributed by atoms with Crippen molar-refractivity contribution >= 4 is 0 Å². The quantitative estimate of drug-likeness (QED) is 0.859. The van der Waals surface area contributed by atoms with Gasteiger partial charge in [0.2, 0.25) is 0 Å². The van der Waals surface area contributed by atoms with Crippen molar-refractivity contribution in [2.75, 3.05) is 0 Å². The van der Waals surface area contributed by atoms with Crippen molar-refractivity contribution in [3.63, 3.8) is 0 Å². The van der Waals surface area contributed by atoms with Crippen molar-refractivity contribution in [2.24, 2.45) is 5.73 Å². The van der Waals surface area contributed by atoms with Gasteiger partial charge in [-0.25, -0.2) is 13.8 Å². The van der Waals surface area contributed by atoms with Crippen LogP contribution in [-0.2, 0) is 6.54 Å². The largest absolute Gasteiger partial charge is 0.332 e. The van der Waals surface area contributed by atoms with Gasteiger partial charge in [-0.1, -0.05) is 13.0 Å². The van der Waals surface area contributed by atoms with E-state index in [1.165, 1.54) is 12.1 Å². The number of aromatic nitrogens is 2. The second-order valence-corrected chi connectivity index (χ2v) is 5.13. The lowest BCUT2D eigenvalue weighted by molar-refractivity contribution is 0.407. The van der Waals surface area contributed by atoms with Crippen molar-refractivity contribution in [1.82, 2.24) is 9.55 Å². The van der Waals surface area contributed by atoms with Crippen LogP contribution in [0.4, 0.5) is 8.78 Å². The van der Waals surface area contributed by atoms with E-state index in [1.807, 2.05) is 11.5 Å². The number of imidazole rings is 1. The zero-order valence-electron chi connectivity index (χ0n) is 10.6. The van der Waals surface area contributed by atoms with Gasteiger partial charge in [-0.3, -0.25) is 0 Å². The Morgan fingerprint density at radius 1 is 1.37 bits per heavy atom. The van der Waals surface area contributed by atoms with Gasteiger partial charge in [-0.2, -0.15) is 0 Å². The molecule has 1 aliphatic heterocycles. The molecule has 0 fully saturated rings. The van der Waals surface area contributed by atoms with Crippen LogP contribution >= 0.6 is 0 Å². The fourth-order valence-electron chi connectivity index (χ4n) is 2.69. The summed E-state index contributed by atoms with van der Waals surface area (Å²) in [5.41, 5.74) is 6.62. The molecular formula is C14H15F2N3. The molecule has 2 N–H and O–H groups in total. The number of hydrogen-bond acceptors (Lipinski definition) is 2. The number of benzene rings is 1. The van der Waals surface area contributed by atoms with Crippen LogP contribution < -0.4 is 5.73 Å². The number of nitrogens with two attached hydrogens (primary N) is 1. The molecule has 0 radical (unpaired) electrons. The average Bonchev–Trinajstić information content (AvgIpc) is 2.76. The summed E-state index contributed by atoms with van der Waals surface area (Å²) in [5, 5.41) is 0. The summed E-state index contributed by atoms with van der Waals surface area (Å²) in [6.45, 7) is 2.72. The molecule has 2 aromatic rings. The summed E-state index contributed by atoms with van der Waals surface area (Å²) in [7, 11) is 0. The first-order valence-electron chi connectivity index (χ1n) is 6.33. The van der Waals surface area contributed by atoms with Crippen LogP contribution in [0.1, 0.15) is 25.1 Å². The van der Waals surface area contributed by atoms with Gasteiger partial charge in [0.1, 0.15) is 5.82 Å². The average molecular weight is 263 g/mol. The fraction of sp³-hybridized carbons (Fsp3) is 0.357. The van der Waals surface area contributed by atoms with Gasteiger partial charge < -0.3 is 10.3 Å². The Kier molecular flexibility index (Phi) is 2.86. The van der Waals surface area contributed by atoms with Crippen LogP contribution in [0.5, 0.6) is 0 Å². The molecule has 1 aromatic carbocycles. The Bertz CT molecular complexity index is 621. The molecule has 3 rings (SSSR count). The normalized spacial score (nSPS) is 22.3. The molecule has 0 saturated heterocycles. The molecule has 2 unspecified atom stereocenters. The van der Waals surface area contributed by atoms with E-state index in [1.54, 1.807) is 6.20 Å². The summed E-state index contributed by atoms with van der Waals surface area (Å²) in [6.07, 6.45) is 2.62. The molecule has 19 heavy (non-hydrogen) atoms. The van der Waals surface area contributed by atoms with Crippen molar-refractivity contribution < 1.29 is 8.78 Å². The van der Waals surface area contributed by atoms with E-state index >= 15 is 0 Å². The maximum absolute atomic E-state index is 13.8. The number of rotatable bonds is 1. The van der Waals surface area contributed by atoms with Crippen molar-refractivity contribution in [3.05, 3.63) is 41.9 Å². The lowest BCUT2D eigenvalue weighted by Gasteiger charge is -2.25. The van der Waals surface area contributed by atoms with Crippen molar-refractivity contribution in [3.8, 4) is 11.3 Å². The fourth-order valence-corrected chi connectivity index (χ4v) is 2.69. The van der Waals surface area contributed by atoms with E-state index in [0.29, 0.717) is 12.2 Å². The molecule has 0 spiro atoms. The summed E-state index contributed by atoms with van der Waals surface area (Å²) < 4.78 is 29.0. The minimum Gasteiger partial charge on any atom is -0.332 e. The highest BCUT2D eigenvalue weighted by Crippen LogP contribution is 2.30. The van der Waals surface area contributed by atoms with Crippen molar-refractivity contribution in [1.29, 1.82) is 0 Å². The summed E-state index contributed by atoms with van der Waals surface area (Å²) >= 11 is 0. The van der Waals surface area contributed by atoms with Crippen LogP contribution in [0, 0.1) is 11.6 Å². The smallest absolute Gasteiger partial charge is 0.168 e. The minimum absolute atomic E-state index is 0.0851. The predicted molar refractivity (Wildman–Crippen MR) is 68.6 cm³/mol. The molecule has 5 heteroatoms. The molecule has 1 aliphatic rings. The first-order chi connectivity index (χ1) is 9.06. The molecule has 2 heterocycles. The summed E-state index contributed by atoms with van der Waals surface area (Å²) in [6, 6.07) is 4.22. The monoisotopic (exact) mass is 263 g/mol. The molecule has 0 amide bonds. The first kappa shape index (κ1) is 12.3. The highest BCUT2D eigenvalue weighted by atomic mass is 19.2. The lowest BCUT2D eigenvalue weighted by atomic mass is 9.98. The highest BCUT2D eigenvalue weighted by Gasteiger charge is 2.25. The van der Waals surface area contributed by atoms with Gasteiger partial charge in [-0.15, -0.1) is 0 Å². The number of hydrogen-bond donors (Lipinski definition) is 1. The van der Waals surface area contributed by atoms with E-state index in [9.17, 15) is 8.78 Å². The number of nitrogens with zero attached hydrogens (tertiary/aromatic N) is 2. The SMILES string of the molecule is CC1CC(N)Cn2cc(-c3cccc(F)c3F)nc21. The van der Waals surface area contributed by atoms with Gasteiger partial charge in [0.25, 0.3) is 0 Å². The number of halogens is 2. The molecule has 0 aliphatic carbocycles. The molecule has 1 aromatic heterocycles. The Morgan fingerprint density at radius 2 is 2.16 bits per heavy atom. The molecule has 100 valence electrons. The standard InChI is InChI=1S/C14H15F2N3/c1-8-5-9(17)6-19-7-12(18-14(8)19)10-3-2-4-11(15)13(10)16/h2-4,7-9H,5-6,17H2,1H3. The Balaban J connectivity index is 2.08. The lowest BCUT2D eigenvalue weighted by Crippen LogP contribution is -2.33. The van der Waals surface area contributed by atoms with Crippen molar-refractivity contribution in [2.45, 2.75) is 31.8 Å². The molecular weight excluding hydrogens is 248 g/mol. The molecule has 0 bridgehead atoms. The Morgan fingerprint density at radius 3 is 2.95 bits per heavy atom. The van der Waals surface area contributed by atoms with Crippen LogP contribution in [0.15, 0.2) is 24.4 Å². The van der Waals surface area contributed by atoms with Gasteiger partial charge in [-0.05, 0) is 18.6 Å². The van der Waals surface area contributed by atoms with E-state index in [0.717, 1.165) is 18.3 Å². The summed E-state index contributed by atoms with van der Waals surface area (Å²) in [4.78, 5) is 4.44. The maximum Gasteiger partial charge on any atom is 0.168 e. The van der Waals surface area contributed by atoms with Crippen LogP contribution in [-0.4, -0.2) is 15.6 Å². The molecule has 0 saturated carbocycles. The van der Waals surface area contributed by atoms with E-state index in [-0.39, 0.29) is 17.5 Å². The van der Waals surface area contributed by atoms with Crippen LogP contribution in [0.25, 0.3) is 11.3 Å². The first-order valence-corrected chi connectivity index (χ1v) is 6.33. The van der Waals surface area contributed by atoms with Gasteiger partial charge in [0.15, 0.2) is 11.6 Å². The second-order valence-electron chi connectivity index (χ2n) is 5.13. The topological polar surface area (TPSA) is 43.8 Å². The van der Waals surface area contributed by atoms with E-state index in [2.05, 4.69) is 4.98 Å². The number of fused-ring (bicyclic) bond motifs is 1. The highest BCUT2D eigenvalue weighted by molar-refractivity contribution is 5.59. The van der Waals surface area contributed by atoms with E-state index in [4.69, 9.17) is 5.73 Å². The third-order valence-corrected chi connectivity index (χ3v) is 3.56. The van der Waals surface area contributed by atoms with Crippen LogP contribution in [0.3, 0.4) is 0 Å². The van der Waals surface area contributed by atoms with Gasteiger partial charge in [0.05, 0.1) is 5.69 Å². The summed E-state index contributed by atoms with van der Waals surface area (Å²) in [5.74, 6) is -0.586. The third kappa shape index (κ3) is 2.04. The maximum atomic E-state index is 13.8. The van der Waals surface area contributed by atoms with Gasteiger partial charge in [0, 0.05) is 30.3 Å². The van der Waals surface area contributed by atoms with Gasteiger partial charge >= 0.3 is 0 Å². The van der Waals surface area contributed by atoms with E-state index < -0.39 is 11.6 Å². The second kappa shape index (κ2) is 4.42. The zero-order valence-corrected chi connectivity index (χ0v) is 10.6. The predicted octanol–water partition coefficient (Wildman–Crippen LogP) is 2.66. The molecule has 2 atom stereocenters. The third-order valence-electron chi connectivity index (χ3n) is 3.56. The Labute approximate surface area is 110 Å². The zero-order chi connectivity index (χ0) is 13.6. The minimum atomic E-state index is -0.853. The Hall–Kier alpha value is -1.75. The molecule has 3 nitrogen and oxygen atoms in total.